The maximum absolute atomic E-state index is 11.5. The molecule has 1 aromatic heterocycles. The van der Waals surface area contributed by atoms with Crippen LogP contribution >= 0.6 is 10.7 Å². The molecule has 0 spiro atoms. The van der Waals surface area contributed by atoms with Crippen LogP contribution in [0.15, 0.2) is 35.4 Å². The summed E-state index contributed by atoms with van der Waals surface area (Å²) in [7, 11) is 1.57. The molecule has 2 aromatic rings. The van der Waals surface area contributed by atoms with Crippen molar-refractivity contribution < 1.29 is 13.2 Å². The van der Waals surface area contributed by atoms with Gasteiger partial charge in [-0.05, 0) is 30.7 Å². The van der Waals surface area contributed by atoms with Crippen LogP contribution in [0, 0.1) is 0 Å². The van der Waals surface area contributed by atoms with Gasteiger partial charge < -0.3 is 4.74 Å². The topological polar surface area (TPSA) is 56.3 Å². The van der Waals surface area contributed by atoms with Gasteiger partial charge in [0, 0.05) is 22.3 Å². The number of rotatable bonds is 4. The Balaban J connectivity index is 2.66. The first kappa shape index (κ1) is 13.1. The molecule has 0 saturated carbocycles. The lowest BCUT2D eigenvalue weighted by Crippen LogP contribution is -1.99. The Bertz CT molecular complexity index is 670. The summed E-state index contributed by atoms with van der Waals surface area (Å²) in [6.45, 7) is 2.56. The van der Waals surface area contributed by atoms with E-state index in [4.69, 9.17) is 15.4 Å². The molecule has 2 rings (SSSR count). The summed E-state index contributed by atoms with van der Waals surface area (Å²) in [4.78, 5) is 4.08. The Morgan fingerprint density at radius 2 is 2.11 bits per heavy atom. The first-order valence-corrected chi connectivity index (χ1v) is 7.80. The normalized spacial score (nSPS) is 11.7. The molecule has 96 valence electrons. The van der Waals surface area contributed by atoms with E-state index in [1.54, 1.807) is 18.2 Å². The standard InChI is InChI=1S/C12H12ClNO3S/c1-2-8-17-10-5-6-11(18(13,15)16)12-9(10)4-3-7-14-12/h3-7H,2,8H2,1H3. The van der Waals surface area contributed by atoms with Crippen molar-refractivity contribution in [2.75, 3.05) is 6.61 Å². The van der Waals surface area contributed by atoms with Crippen molar-refractivity contribution >= 4 is 30.6 Å². The third-order valence-electron chi connectivity index (χ3n) is 2.42. The minimum atomic E-state index is -3.81. The fourth-order valence-electron chi connectivity index (χ4n) is 1.66. The summed E-state index contributed by atoms with van der Waals surface area (Å²) < 4.78 is 28.5. The molecule has 0 atom stereocenters. The van der Waals surface area contributed by atoms with E-state index in [0.717, 1.165) is 6.42 Å². The second kappa shape index (κ2) is 5.12. The molecule has 0 saturated heterocycles. The molecule has 0 aliphatic heterocycles. The molecule has 0 aliphatic rings. The van der Waals surface area contributed by atoms with E-state index < -0.39 is 9.05 Å². The number of hydrogen-bond donors (Lipinski definition) is 0. The first-order chi connectivity index (χ1) is 8.54. The Morgan fingerprint density at radius 3 is 2.78 bits per heavy atom. The van der Waals surface area contributed by atoms with Crippen LogP contribution in [0.4, 0.5) is 0 Å². The second-order valence-electron chi connectivity index (χ2n) is 3.75. The fraction of sp³-hybridized carbons (Fsp3) is 0.250. The molecule has 0 bridgehead atoms. The highest BCUT2D eigenvalue weighted by Gasteiger charge is 2.17. The second-order valence-corrected chi connectivity index (χ2v) is 6.28. The summed E-state index contributed by atoms with van der Waals surface area (Å²) in [6.07, 6.45) is 2.40. The number of aromatic nitrogens is 1. The van der Waals surface area contributed by atoms with Gasteiger partial charge in [-0.15, -0.1) is 0 Å². The molecule has 0 aliphatic carbocycles. The van der Waals surface area contributed by atoms with Gasteiger partial charge in [0.1, 0.15) is 10.6 Å². The zero-order valence-electron chi connectivity index (χ0n) is 9.76. The van der Waals surface area contributed by atoms with Crippen molar-refractivity contribution in [1.29, 1.82) is 0 Å². The maximum Gasteiger partial charge on any atom is 0.263 e. The van der Waals surface area contributed by atoms with Crippen LogP contribution in [-0.2, 0) is 9.05 Å². The van der Waals surface area contributed by atoms with Crippen molar-refractivity contribution in [3.63, 3.8) is 0 Å². The molecule has 4 nitrogen and oxygen atoms in total. The van der Waals surface area contributed by atoms with Gasteiger partial charge in [-0.2, -0.15) is 0 Å². The smallest absolute Gasteiger partial charge is 0.263 e. The van der Waals surface area contributed by atoms with E-state index in [1.807, 2.05) is 6.92 Å². The van der Waals surface area contributed by atoms with Gasteiger partial charge in [0.25, 0.3) is 9.05 Å². The molecule has 18 heavy (non-hydrogen) atoms. The van der Waals surface area contributed by atoms with Gasteiger partial charge in [-0.3, -0.25) is 4.98 Å². The number of fused-ring (bicyclic) bond motifs is 1. The summed E-state index contributed by atoms with van der Waals surface area (Å²) in [6, 6.07) is 6.52. The van der Waals surface area contributed by atoms with E-state index in [-0.39, 0.29) is 4.90 Å². The van der Waals surface area contributed by atoms with E-state index in [2.05, 4.69) is 4.98 Å². The van der Waals surface area contributed by atoms with Crippen LogP contribution in [0.5, 0.6) is 5.75 Å². The molecule has 0 N–H and O–H groups in total. The third-order valence-corrected chi connectivity index (χ3v) is 3.77. The summed E-state index contributed by atoms with van der Waals surface area (Å²) >= 11 is 0. The lowest BCUT2D eigenvalue weighted by molar-refractivity contribution is 0.321. The average Bonchev–Trinajstić information content (AvgIpc) is 2.34. The fourth-order valence-corrected chi connectivity index (χ4v) is 2.65. The van der Waals surface area contributed by atoms with E-state index in [9.17, 15) is 8.42 Å². The molecular weight excluding hydrogens is 274 g/mol. The SMILES string of the molecule is CCCOc1ccc(S(=O)(=O)Cl)c2ncccc12. The third kappa shape index (κ3) is 2.57. The summed E-state index contributed by atoms with van der Waals surface area (Å²) in [5.41, 5.74) is 0.334. The largest absolute Gasteiger partial charge is 0.493 e. The molecule has 1 aromatic carbocycles. The number of nitrogens with zero attached hydrogens (tertiary/aromatic N) is 1. The van der Waals surface area contributed by atoms with Gasteiger partial charge in [-0.25, -0.2) is 8.42 Å². The molecule has 0 fully saturated rings. The zero-order chi connectivity index (χ0) is 13.2. The Morgan fingerprint density at radius 1 is 1.33 bits per heavy atom. The summed E-state index contributed by atoms with van der Waals surface area (Å²) in [5.74, 6) is 0.615. The molecule has 1 heterocycles. The predicted molar refractivity (Wildman–Crippen MR) is 70.6 cm³/mol. The highest BCUT2D eigenvalue weighted by molar-refractivity contribution is 8.14. The first-order valence-electron chi connectivity index (χ1n) is 5.49. The zero-order valence-corrected chi connectivity index (χ0v) is 11.3. The number of ether oxygens (including phenoxy) is 1. The average molecular weight is 286 g/mol. The van der Waals surface area contributed by atoms with Crippen LogP contribution in [0.25, 0.3) is 10.9 Å². The van der Waals surface area contributed by atoms with Crippen molar-refractivity contribution in [2.45, 2.75) is 18.2 Å². The van der Waals surface area contributed by atoms with Crippen LogP contribution < -0.4 is 4.74 Å². The number of pyridine rings is 1. The van der Waals surface area contributed by atoms with Crippen molar-refractivity contribution in [2.24, 2.45) is 0 Å². The minimum Gasteiger partial charge on any atom is -0.493 e. The van der Waals surface area contributed by atoms with E-state index in [1.165, 1.54) is 12.3 Å². The lowest BCUT2D eigenvalue weighted by atomic mass is 10.2. The van der Waals surface area contributed by atoms with E-state index in [0.29, 0.717) is 23.3 Å². The lowest BCUT2D eigenvalue weighted by Gasteiger charge is -2.09. The molecule has 0 unspecified atom stereocenters. The number of benzene rings is 1. The van der Waals surface area contributed by atoms with Crippen LogP contribution in [0.3, 0.4) is 0 Å². The molecule has 0 amide bonds. The highest BCUT2D eigenvalue weighted by Crippen LogP contribution is 2.31. The Kier molecular flexibility index (Phi) is 3.73. The van der Waals surface area contributed by atoms with Gasteiger partial charge >= 0.3 is 0 Å². The van der Waals surface area contributed by atoms with Crippen LogP contribution in [-0.4, -0.2) is 20.0 Å². The molecule has 6 heteroatoms. The van der Waals surface area contributed by atoms with Crippen molar-refractivity contribution in [1.82, 2.24) is 4.98 Å². The molecular formula is C12H12ClNO3S. The number of halogens is 1. The summed E-state index contributed by atoms with van der Waals surface area (Å²) in [5, 5.41) is 0.646. The monoisotopic (exact) mass is 285 g/mol. The highest BCUT2D eigenvalue weighted by atomic mass is 35.7. The molecule has 0 radical (unpaired) electrons. The van der Waals surface area contributed by atoms with Crippen molar-refractivity contribution in [3.05, 3.63) is 30.5 Å². The van der Waals surface area contributed by atoms with Gasteiger partial charge in [-0.1, -0.05) is 6.92 Å². The maximum atomic E-state index is 11.5. The van der Waals surface area contributed by atoms with Gasteiger partial charge in [0.05, 0.1) is 12.1 Å². The minimum absolute atomic E-state index is 0.00335. The Hall–Kier alpha value is -1.33. The van der Waals surface area contributed by atoms with Gasteiger partial charge in [0.2, 0.25) is 0 Å². The van der Waals surface area contributed by atoms with Crippen LogP contribution in [0.1, 0.15) is 13.3 Å². The van der Waals surface area contributed by atoms with Crippen LogP contribution in [0.2, 0.25) is 0 Å². The van der Waals surface area contributed by atoms with Crippen molar-refractivity contribution in [3.8, 4) is 5.75 Å². The van der Waals surface area contributed by atoms with Gasteiger partial charge in [0.15, 0.2) is 0 Å². The quantitative estimate of drug-likeness (QED) is 0.811. The Labute approximate surface area is 110 Å². The number of hydrogen-bond acceptors (Lipinski definition) is 4. The predicted octanol–water partition coefficient (Wildman–Crippen LogP) is 2.95. The van der Waals surface area contributed by atoms with E-state index >= 15 is 0 Å².